The summed E-state index contributed by atoms with van der Waals surface area (Å²) in [6.07, 6.45) is 4.53. The molecule has 1 fully saturated rings. The molecule has 0 aliphatic heterocycles. The summed E-state index contributed by atoms with van der Waals surface area (Å²) in [5.74, 6) is -0.344. The molecule has 1 aliphatic rings. The van der Waals surface area contributed by atoms with E-state index in [2.05, 4.69) is 0 Å². The summed E-state index contributed by atoms with van der Waals surface area (Å²) in [5, 5.41) is 0.384. The van der Waals surface area contributed by atoms with Gasteiger partial charge < -0.3 is 18.9 Å². The van der Waals surface area contributed by atoms with E-state index >= 15 is 0 Å². The molecule has 2 aromatic rings. The van der Waals surface area contributed by atoms with E-state index in [1.54, 1.807) is 36.4 Å². The van der Waals surface area contributed by atoms with Crippen LogP contribution in [0.2, 0.25) is 10.0 Å². The Morgan fingerprint density at radius 2 is 1.15 bits per heavy atom. The standard InChI is InChI=1S/C25H22Cl2O7/c1-13(28)33-24-19(26)9-15(11-21(24)31-3)7-17-5-6-18(23(17)30)8-16-10-20(27)25(34-14(2)29)22(12-16)32-4/h7-12H,5-6H2,1-4H3/b17-7+,18-8+. The van der Waals surface area contributed by atoms with Crippen LogP contribution in [-0.4, -0.2) is 31.9 Å². The van der Waals surface area contributed by atoms with Crippen molar-refractivity contribution >= 4 is 53.1 Å². The molecule has 7 nitrogen and oxygen atoms in total. The highest BCUT2D eigenvalue weighted by atomic mass is 35.5. The van der Waals surface area contributed by atoms with Gasteiger partial charge in [-0.05, 0) is 60.4 Å². The number of methoxy groups -OCH3 is 2. The summed E-state index contributed by atoms with van der Waals surface area (Å²) in [6, 6.07) is 6.49. The van der Waals surface area contributed by atoms with Crippen molar-refractivity contribution in [2.75, 3.05) is 14.2 Å². The smallest absolute Gasteiger partial charge is 0.308 e. The number of benzene rings is 2. The first-order chi connectivity index (χ1) is 16.1. The maximum atomic E-state index is 13.0. The number of allylic oxidation sites excluding steroid dienone is 2. The number of Topliss-reactive ketones (excluding diaryl/α,β-unsaturated/α-hetero) is 1. The van der Waals surface area contributed by atoms with Crippen LogP contribution >= 0.6 is 23.2 Å². The van der Waals surface area contributed by atoms with E-state index in [0.717, 1.165) is 0 Å². The highest BCUT2D eigenvalue weighted by Crippen LogP contribution is 2.40. The molecule has 0 bridgehead atoms. The van der Waals surface area contributed by atoms with Gasteiger partial charge >= 0.3 is 11.9 Å². The molecule has 1 aliphatic carbocycles. The van der Waals surface area contributed by atoms with Crippen LogP contribution in [0.4, 0.5) is 0 Å². The Balaban J connectivity index is 1.90. The number of carbonyl (C=O) groups is 3. The van der Waals surface area contributed by atoms with Gasteiger partial charge in [-0.2, -0.15) is 0 Å². The summed E-state index contributed by atoms with van der Waals surface area (Å²) < 4.78 is 20.8. The molecule has 9 heteroatoms. The number of hydrogen-bond donors (Lipinski definition) is 0. The van der Waals surface area contributed by atoms with E-state index in [9.17, 15) is 14.4 Å². The van der Waals surface area contributed by atoms with Gasteiger partial charge in [0.15, 0.2) is 28.8 Å². The van der Waals surface area contributed by atoms with Gasteiger partial charge in [-0.15, -0.1) is 0 Å². The lowest BCUT2D eigenvalue weighted by atomic mass is 10.1. The van der Waals surface area contributed by atoms with Crippen molar-refractivity contribution < 1.29 is 33.3 Å². The van der Waals surface area contributed by atoms with Crippen LogP contribution in [0.25, 0.3) is 12.2 Å². The summed E-state index contributed by atoms with van der Waals surface area (Å²) in [4.78, 5) is 35.6. The molecule has 0 spiro atoms. The van der Waals surface area contributed by atoms with Gasteiger partial charge in [-0.1, -0.05) is 23.2 Å². The van der Waals surface area contributed by atoms with Crippen LogP contribution in [0.5, 0.6) is 23.0 Å². The summed E-state index contributed by atoms with van der Waals surface area (Å²) in [6.45, 7) is 2.53. The Bertz CT molecular complexity index is 1130. The fraction of sp³-hybridized carbons (Fsp3) is 0.240. The van der Waals surface area contributed by atoms with Gasteiger partial charge in [0.2, 0.25) is 0 Å². The first-order valence-electron chi connectivity index (χ1n) is 10.2. The Hall–Kier alpha value is -3.29. The lowest BCUT2D eigenvalue weighted by Crippen LogP contribution is -2.04. The first-order valence-corrected chi connectivity index (χ1v) is 11.0. The third-order valence-corrected chi connectivity index (χ3v) is 5.49. The topological polar surface area (TPSA) is 88.1 Å². The average Bonchev–Trinajstić information content (AvgIpc) is 3.10. The van der Waals surface area contributed by atoms with E-state index in [1.807, 2.05) is 0 Å². The van der Waals surface area contributed by atoms with Crippen LogP contribution in [-0.2, 0) is 14.4 Å². The average molecular weight is 505 g/mol. The van der Waals surface area contributed by atoms with E-state index in [-0.39, 0.29) is 38.8 Å². The number of rotatable bonds is 6. The molecule has 0 amide bonds. The van der Waals surface area contributed by atoms with Crippen molar-refractivity contribution in [3.05, 3.63) is 56.6 Å². The molecule has 0 saturated heterocycles. The normalized spacial score (nSPS) is 15.5. The maximum absolute atomic E-state index is 13.0. The number of ether oxygens (including phenoxy) is 4. The molecule has 0 N–H and O–H groups in total. The fourth-order valence-electron chi connectivity index (χ4n) is 3.51. The quantitative estimate of drug-likeness (QED) is 0.283. The lowest BCUT2D eigenvalue weighted by molar-refractivity contribution is -0.132. The molecule has 0 radical (unpaired) electrons. The molecule has 34 heavy (non-hydrogen) atoms. The molecule has 1 saturated carbocycles. The summed E-state index contributed by atoms with van der Waals surface area (Å²) in [7, 11) is 2.87. The van der Waals surface area contributed by atoms with Gasteiger partial charge in [0.1, 0.15) is 0 Å². The molecule has 3 rings (SSSR count). The second-order valence-corrected chi connectivity index (χ2v) is 8.24. The fourth-order valence-corrected chi connectivity index (χ4v) is 4.03. The minimum absolute atomic E-state index is 0.113. The SMILES string of the molecule is COc1cc(/C=C2\CC/C(=C\c3cc(Cl)c(OC(C)=O)c(OC)c3)C2=O)cc(Cl)c1OC(C)=O. The van der Waals surface area contributed by atoms with Crippen molar-refractivity contribution in [1.82, 2.24) is 0 Å². The molecular formula is C25H22Cl2O7. The molecule has 0 atom stereocenters. The zero-order valence-electron chi connectivity index (χ0n) is 19.0. The van der Waals surface area contributed by atoms with Crippen molar-refractivity contribution in [2.45, 2.75) is 26.7 Å². The maximum Gasteiger partial charge on any atom is 0.308 e. The number of ketones is 1. The van der Waals surface area contributed by atoms with Gasteiger partial charge in [0.25, 0.3) is 0 Å². The second kappa shape index (κ2) is 10.8. The second-order valence-electron chi connectivity index (χ2n) is 7.42. The van der Waals surface area contributed by atoms with Gasteiger partial charge in [0, 0.05) is 25.0 Å². The van der Waals surface area contributed by atoms with Crippen LogP contribution in [0.3, 0.4) is 0 Å². The number of hydrogen-bond acceptors (Lipinski definition) is 7. The largest absolute Gasteiger partial charge is 0.493 e. The number of esters is 2. The third-order valence-electron chi connectivity index (χ3n) is 4.92. The third kappa shape index (κ3) is 5.79. The van der Waals surface area contributed by atoms with Crippen LogP contribution in [0.15, 0.2) is 35.4 Å². The monoisotopic (exact) mass is 504 g/mol. The minimum atomic E-state index is -0.523. The highest BCUT2D eigenvalue weighted by molar-refractivity contribution is 6.33. The van der Waals surface area contributed by atoms with Gasteiger partial charge in [0.05, 0.1) is 24.3 Å². The Labute approximate surface area is 206 Å². The van der Waals surface area contributed by atoms with E-state index in [0.29, 0.717) is 35.1 Å². The number of halogens is 2. The summed E-state index contributed by atoms with van der Waals surface area (Å²) in [5.41, 5.74) is 2.47. The summed E-state index contributed by atoms with van der Waals surface area (Å²) >= 11 is 12.5. The van der Waals surface area contributed by atoms with Crippen molar-refractivity contribution in [1.29, 1.82) is 0 Å². The predicted octanol–water partition coefficient (Wildman–Crippen LogP) is 5.69. The van der Waals surface area contributed by atoms with Gasteiger partial charge in [-0.25, -0.2) is 0 Å². The number of carbonyl (C=O) groups excluding carboxylic acids is 3. The zero-order chi connectivity index (χ0) is 25.0. The predicted molar refractivity (Wildman–Crippen MR) is 129 cm³/mol. The first kappa shape index (κ1) is 25.3. The Morgan fingerprint density at radius 3 is 1.47 bits per heavy atom. The lowest BCUT2D eigenvalue weighted by Gasteiger charge is -2.11. The van der Waals surface area contributed by atoms with Crippen LogP contribution < -0.4 is 18.9 Å². The highest BCUT2D eigenvalue weighted by Gasteiger charge is 2.24. The van der Waals surface area contributed by atoms with Gasteiger partial charge in [-0.3, -0.25) is 14.4 Å². The van der Waals surface area contributed by atoms with E-state index in [4.69, 9.17) is 42.1 Å². The van der Waals surface area contributed by atoms with Crippen molar-refractivity contribution in [3.63, 3.8) is 0 Å². The molecule has 0 aromatic heterocycles. The Morgan fingerprint density at radius 1 is 0.765 bits per heavy atom. The van der Waals surface area contributed by atoms with Crippen molar-refractivity contribution in [3.8, 4) is 23.0 Å². The molecule has 0 heterocycles. The van der Waals surface area contributed by atoms with Crippen molar-refractivity contribution in [2.24, 2.45) is 0 Å². The van der Waals surface area contributed by atoms with E-state index < -0.39 is 11.9 Å². The molecular weight excluding hydrogens is 483 g/mol. The minimum Gasteiger partial charge on any atom is -0.493 e. The molecule has 2 aromatic carbocycles. The molecule has 178 valence electrons. The Kier molecular flexibility index (Phi) is 8.02. The van der Waals surface area contributed by atoms with Crippen LogP contribution in [0.1, 0.15) is 37.8 Å². The van der Waals surface area contributed by atoms with Crippen LogP contribution in [0, 0.1) is 0 Å². The zero-order valence-corrected chi connectivity index (χ0v) is 20.5. The van der Waals surface area contributed by atoms with E-state index in [1.165, 1.54) is 28.1 Å². The molecule has 0 unspecified atom stereocenters.